The molecule has 1 rings (SSSR count). The predicted octanol–water partition coefficient (Wildman–Crippen LogP) is -8.20. The second-order valence-corrected chi connectivity index (χ2v) is 4.89. The van der Waals surface area contributed by atoms with E-state index in [9.17, 15) is 35.1 Å². The van der Waals surface area contributed by atoms with Gasteiger partial charge in [0.25, 0.3) is 0 Å². The Hall–Kier alpha value is -0.300. The molecule has 6 N–H and O–H groups in total. The molecule has 0 aromatic carbocycles. The van der Waals surface area contributed by atoms with Crippen molar-refractivity contribution in [1.82, 2.24) is 5.32 Å². The van der Waals surface area contributed by atoms with E-state index in [1.54, 1.807) is 0 Å². The zero-order valence-electron chi connectivity index (χ0n) is 12.2. The first-order chi connectivity index (χ1) is 9.62. The third-order valence-corrected chi connectivity index (χ3v) is 3.19. The molecule has 1 aliphatic rings. The van der Waals surface area contributed by atoms with Crippen LogP contribution in [-0.4, -0.2) is 80.3 Å². The molecule has 0 spiro atoms. The summed E-state index contributed by atoms with van der Waals surface area (Å²) in [6, 6.07) is -1.29. The van der Waals surface area contributed by atoms with Gasteiger partial charge in [0, 0.05) is 13.3 Å². The van der Waals surface area contributed by atoms with Crippen LogP contribution in [0.25, 0.3) is 0 Å². The normalized spacial score (nSPS) is 34.2. The van der Waals surface area contributed by atoms with Crippen LogP contribution in [0.3, 0.4) is 0 Å². The summed E-state index contributed by atoms with van der Waals surface area (Å²) >= 11 is 0. The molecule has 1 fully saturated rings. The minimum Gasteiger partial charge on any atom is -0.544 e. The summed E-state index contributed by atoms with van der Waals surface area (Å²) in [5, 5.41) is 60.8. The molecule has 0 saturated carbocycles. The fourth-order valence-corrected chi connectivity index (χ4v) is 2.13. The van der Waals surface area contributed by atoms with Gasteiger partial charge in [0.1, 0.15) is 24.3 Å². The minimum absolute atomic E-state index is 0. The van der Waals surface area contributed by atoms with Gasteiger partial charge in [-0.25, -0.2) is 0 Å². The first-order valence-electron chi connectivity index (χ1n) is 6.16. The fraction of sp³-hybridized carbons (Fsp3) is 0.818. The smallest absolute Gasteiger partial charge is 0.544 e. The summed E-state index contributed by atoms with van der Waals surface area (Å²) in [6.07, 6.45) is -7.67. The second-order valence-electron chi connectivity index (χ2n) is 4.89. The van der Waals surface area contributed by atoms with Crippen molar-refractivity contribution in [2.45, 2.75) is 49.6 Å². The van der Waals surface area contributed by atoms with E-state index in [2.05, 4.69) is 5.32 Å². The maximum Gasteiger partial charge on any atom is 1.00 e. The Bertz CT molecular complexity index is 409. The van der Waals surface area contributed by atoms with Crippen LogP contribution in [0.1, 0.15) is 13.3 Å². The first kappa shape index (κ1) is 21.7. The molecule has 0 aromatic rings. The Balaban J connectivity index is 0.00000441. The van der Waals surface area contributed by atoms with Crippen LogP contribution < -0.4 is 40.0 Å². The van der Waals surface area contributed by atoms with Gasteiger partial charge in [-0.2, -0.15) is 0 Å². The van der Waals surface area contributed by atoms with Gasteiger partial charge in [-0.3, -0.25) is 4.79 Å². The van der Waals surface area contributed by atoms with Gasteiger partial charge in [-0.1, -0.05) is 0 Å². The number of aliphatic hydroxyl groups is 5. The van der Waals surface area contributed by atoms with Gasteiger partial charge in [-0.15, -0.1) is 0 Å². The summed E-state index contributed by atoms with van der Waals surface area (Å²) in [4.78, 5) is 22.0. The number of rotatable bonds is 5. The first-order valence-corrected chi connectivity index (χ1v) is 6.16. The number of aliphatic carboxylic acids is 1. The number of amides is 1. The van der Waals surface area contributed by atoms with E-state index >= 15 is 0 Å². The number of carboxylic acids is 1. The van der Waals surface area contributed by atoms with Gasteiger partial charge in [-0.05, 0) is 0 Å². The van der Waals surface area contributed by atoms with Crippen LogP contribution >= 0.6 is 0 Å². The number of nitrogens with one attached hydrogen (secondary N) is 1. The molecule has 0 bridgehead atoms. The second kappa shape index (κ2) is 8.52. The van der Waals surface area contributed by atoms with E-state index in [1.807, 2.05) is 0 Å². The number of carboxylic acid groups (broad SMARTS) is 1. The van der Waals surface area contributed by atoms with Gasteiger partial charge >= 0.3 is 29.6 Å². The molecule has 0 aromatic heterocycles. The van der Waals surface area contributed by atoms with Crippen LogP contribution in [-0.2, 0) is 14.3 Å². The predicted molar refractivity (Wildman–Crippen MR) is 62.2 cm³/mol. The van der Waals surface area contributed by atoms with Crippen molar-refractivity contribution in [3.05, 3.63) is 0 Å². The number of carbonyl (C=O) groups is 2. The maximum absolute atomic E-state index is 11.1. The fourth-order valence-electron chi connectivity index (χ4n) is 2.13. The molecular formula is C11H18NNaO9. The van der Waals surface area contributed by atoms with Gasteiger partial charge in [0.05, 0.1) is 18.8 Å². The number of aliphatic hydroxyl groups excluding tert-OH is 4. The molecule has 0 unspecified atom stereocenters. The summed E-state index contributed by atoms with van der Waals surface area (Å²) < 4.78 is 4.80. The summed E-state index contributed by atoms with van der Waals surface area (Å²) in [7, 11) is 0. The van der Waals surface area contributed by atoms with Crippen molar-refractivity contribution in [2.24, 2.45) is 0 Å². The van der Waals surface area contributed by atoms with Crippen molar-refractivity contribution in [2.75, 3.05) is 6.61 Å². The molecule has 0 aliphatic carbocycles. The Morgan fingerprint density at radius 3 is 2.41 bits per heavy atom. The van der Waals surface area contributed by atoms with Crippen LogP contribution in [0.15, 0.2) is 0 Å². The number of carbonyl (C=O) groups excluding carboxylic acids is 2. The molecule has 1 aliphatic heterocycles. The Morgan fingerprint density at radius 2 is 2.00 bits per heavy atom. The number of hydrogen-bond acceptors (Lipinski definition) is 9. The summed E-state index contributed by atoms with van der Waals surface area (Å²) in [5.74, 6) is -5.55. The molecule has 1 saturated heterocycles. The topological polar surface area (TPSA) is 180 Å². The Labute approximate surface area is 148 Å². The molecule has 11 heteroatoms. The van der Waals surface area contributed by atoms with E-state index in [1.165, 1.54) is 0 Å². The standard InChI is InChI=1S/C11H19NO9.Na/c1-4(14)12-7-5(15)2-11(20,10(18)19)21-9(7)8(17)6(16)3-13;/h5-9,13,15-17,20H,2-3H2,1H3,(H,12,14)(H,18,19);/q;+1/p-1/t5-,6+,7+,8+,9+,11-;/m0./s1. The molecule has 122 valence electrons. The zero-order chi connectivity index (χ0) is 16.4. The summed E-state index contributed by atoms with van der Waals surface area (Å²) in [5.41, 5.74) is 0. The average molecular weight is 331 g/mol. The van der Waals surface area contributed by atoms with E-state index in [0.717, 1.165) is 6.92 Å². The van der Waals surface area contributed by atoms with Gasteiger partial charge in [0.15, 0.2) is 0 Å². The van der Waals surface area contributed by atoms with E-state index in [0.29, 0.717) is 0 Å². The molecular weight excluding hydrogens is 313 g/mol. The van der Waals surface area contributed by atoms with Gasteiger partial charge < -0.3 is 45.5 Å². The van der Waals surface area contributed by atoms with Crippen molar-refractivity contribution in [1.29, 1.82) is 0 Å². The Kier molecular flexibility index (Phi) is 8.41. The van der Waals surface area contributed by atoms with Gasteiger partial charge in [0.2, 0.25) is 11.7 Å². The third kappa shape index (κ3) is 4.85. The Morgan fingerprint density at radius 1 is 1.45 bits per heavy atom. The quantitative estimate of drug-likeness (QED) is 0.267. The van der Waals surface area contributed by atoms with Crippen LogP contribution in [0.5, 0.6) is 0 Å². The molecule has 0 radical (unpaired) electrons. The molecule has 1 amide bonds. The SMILES string of the molecule is CC(=O)N[C@H]1[C@H]([C@H](O)[C@H](O)CO)O[C@](O)(C(=O)[O-])C[C@@H]1O.[Na+]. The van der Waals surface area contributed by atoms with E-state index < -0.39 is 61.1 Å². The van der Waals surface area contributed by atoms with E-state index in [4.69, 9.17) is 9.84 Å². The van der Waals surface area contributed by atoms with Crippen LogP contribution in [0.4, 0.5) is 0 Å². The van der Waals surface area contributed by atoms with Crippen molar-refractivity contribution >= 4 is 11.9 Å². The summed E-state index contributed by atoms with van der Waals surface area (Å²) in [6.45, 7) is 0.228. The molecule has 6 atom stereocenters. The largest absolute Gasteiger partial charge is 1.00 e. The van der Waals surface area contributed by atoms with Crippen LogP contribution in [0, 0.1) is 0 Å². The molecule has 22 heavy (non-hydrogen) atoms. The van der Waals surface area contributed by atoms with Crippen molar-refractivity contribution in [3.63, 3.8) is 0 Å². The molecule has 10 nitrogen and oxygen atoms in total. The van der Waals surface area contributed by atoms with E-state index in [-0.39, 0.29) is 29.6 Å². The van der Waals surface area contributed by atoms with Crippen LogP contribution in [0.2, 0.25) is 0 Å². The minimum atomic E-state index is -2.89. The molecule has 1 heterocycles. The average Bonchev–Trinajstić information content (AvgIpc) is 2.39. The third-order valence-electron chi connectivity index (χ3n) is 3.19. The van der Waals surface area contributed by atoms with Crippen molar-refractivity contribution < 1.29 is 74.5 Å². The monoisotopic (exact) mass is 331 g/mol. The number of ether oxygens (including phenoxy) is 1. The van der Waals surface area contributed by atoms with Crippen molar-refractivity contribution in [3.8, 4) is 0 Å². The maximum atomic E-state index is 11.1. The number of hydrogen-bond donors (Lipinski definition) is 6. The zero-order valence-corrected chi connectivity index (χ0v) is 14.2.